The summed E-state index contributed by atoms with van der Waals surface area (Å²) in [7, 11) is 0. The Bertz CT molecular complexity index is 227. The molecule has 0 spiro atoms. The minimum Gasteiger partial charge on any atom is -0.389 e. The van der Waals surface area contributed by atoms with Gasteiger partial charge in [-0.3, -0.25) is 4.79 Å². The molecule has 0 saturated heterocycles. The van der Waals surface area contributed by atoms with Gasteiger partial charge in [-0.15, -0.1) is 0 Å². The van der Waals surface area contributed by atoms with Crippen LogP contribution < -0.4 is 5.32 Å². The molecule has 1 amide bonds. The zero-order valence-corrected chi connectivity index (χ0v) is 11.6. The largest absolute Gasteiger partial charge is 0.389 e. The van der Waals surface area contributed by atoms with Crippen molar-refractivity contribution in [2.75, 3.05) is 6.54 Å². The summed E-state index contributed by atoms with van der Waals surface area (Å²) in [6.45, 7) is 11.9. The van der Waals surface area contributed by atoms with E-state index < -0.39 is 5.60 Å². The molecule has 0 aliphatic rings. The van der Waals surface area contributed by atoms with E-state index in [1.54, 1.807) is 13.8 Å². The Morgan fingerprint density at radius 2 is 1.75 bits per heavy atom. The van der Waals surface area contributed by atoms with E-state index in [1.165, 1.54) is 0 Å². The van der Waals surface area contributed by atoms with Gasteiger partial charge in [0.15, 0.2) is 0 Å². The molecular formula is C13H27NO2. The molecule has 0 radical (unpaired) electrons. The van der Waals surface area contributed by atoms with Gasteiger partial charge in [0.25, 0.3) is 0 Å². The van der Waals surface area contributed by atoms with E-state index in [-0.39, 0.29) is 11.3 Å². The van der Waals surface area contributed by atoms with Gasteiger partial charge >= 0.3 is 0 Å². The average Bonchev–Trinajstić information content (AvgIpc) is 2.09. The summed E-state index contributed by atoms with van der Waals surface area (Å²) >= 11 is 0. The van der Waals surface area contributed by atoms with Gasteiger partial charge in [0, 0.05) is 12.0 Å². The Morgan fingerprint density at radius 1 is 1.25 bits per heavy atom. The highest BCUT2D eigenvalue weighted by Crippen LogP contribution is 2.25. The van der Waals surface area contributed by atoms with E-state index in [4.69, 9.17) is 0 Å². The lowest BCUT2D eigenvalue weighted by atomic mass is 9.84. The van der Waals surface area contributed by atoms with Gasteiger partial charge in [0.1, 0.15) is 0 Å². The number of nitrogens with one attached hydrogen (secondary N) is 1. The fraction of sp³-hybridized carbons (Fsp3) is 0.923. The molecule has 0 unspecified atom stereocenters. The Kier molecular flexibility index (Phi) is 5.47. The zero-order chi connectivity index (χ0) is 13.0. The standard InChI is InChI=1S/C13H27NO2/c1-10(2)7-8-12(3,4)11(15)14-9-13(5,6)16/h10,16H,7-9H2,1-6H3,(H,14,15). The van der Waals surface area contributed by atoms with Gasteiger partial charge in [0.2, 0.25) is 5.91 Å². The maximum Gasteiger partial charge on any atom is 0.225 e. The lowest BCUT2D eigenvalue weighted by molar-refractivity contribution is -0.130. The third-order valence-electron chi connectivity index (χ3n) is 2.64. The molecule has 0 aliphatic carbocycles. The highest BCUT2D eigenvalue weighted by molar-refractivity contribution is 5.81. The van der Waals surface area contributed by atoms with Crippen molar-refractivity contribution < 1.29 is 9.90 Å². The van der Waals surface area contributed by atoms with E-state index >= 15 is 0 Å². The molecule has 3 heteroatoms. The highest BCUT2D eigenvalue weighted by Gasteiger charge is 2.28. The zero-order valence-electron chi connectivity index (χ0n) is 11.6. The molecule has 0 atom stereocenters. The summed E-state index contributed by atoms with van der Waals surface area (Å²) < 4.78 is 0. The summed E-state index contributed by atoms with van der Waals surface area (Å²) in [5, 5.41) is 12.3. The van der Waals surface area contributed by atoms with Crippen LogP contribution in [-0.2, 0) is 4.79 Å². The summed E-state index contributed by atoms with van der Waals surface area (Å²) in [6, 6.07) is 0. The second-order valence-electron chi connectivity index (χ2n) is 6.31. The fourth-order valence-electron chi connectivity index (χ4n) is 1.30. The first-order chi connectivity index (χ1) is 7.04. The monoisotopic (exact) mass is 229 g/mol. The van der Waals surface area contributed by atoms with Crippen molar-refractivity contribution in [3.05, 3.63) is 0 Å². The molecule has 0 rings (SSSR count). The first-order valence-corrected chi connectivity index (χ1v) is 6.05. The van der Waals surface area contributed by atoms with Gasteiger partial charge < -0.3 is 10.4 Å². The van der Waals surface area contributed by atoms with Gasteiger partial charge in [0.05, 0.1) is 5.60 Å². The number of carbonyl (C=O) groups excluding carboxylic acids is 1. The van der Waals surface area contributed by atoms with E-state index in [9.17, 15) is 9.90 Å². The minimum atomic E-state index is -0.843. The molecule has 0 fully saturated rings. The average molecular weight is 229 g/mol. The molecule has 0 aromatic rings. The Hall–Kier alpha value is -0.570. The molecule has 0 bridgehead atoms. The maximum atomic E-state index is 11.9. The van der Waals surface area contributed by atoms with Crippen LogP contribution in [0, 0.1) is 11.3 Å². The van der Waals surface area contributed by atoms with E-state index in [0.29, 0.717) is 12.5 Å². The molecule has 2 N–H and O–H groups in total. The second-order valence-corrected chi connectivity index (χ2v) is 6.31. The Morgan fingerprint density at radius 3 is 2.12 bits per heavy atom. The van der Waals surface area contributed by atoms with E-state index in [2.05, 4.69) is 19.2 Å². The Balaban J connectivity index is 4.14. The van der Waals surface area contributed by atoms with Crippen LogP contribution in [0.4, 0.5) is 0 Å². The summed E-state index contributed by atoms with van der Waals surface area (Å²) in [5.74, 6) is 0.636. The normalized spacial score (nSPS) is 13.0. The van der Waals surface area contributed by atoms with E-state index in [1.807, 2.05) is 13.8 Å². The minimum absolute atomic E-state index is 0.0234. The summed E-state index contributed by atoms with van der Waals surface area (Å²) in [4.78, 5) is 11.9. The molecular weight excluding hydrogens is 202 g/mol. The topological polar surface area (TPSA) is 49.3 Å². The van der Waals surface area contributed by atoms with Gasteiger partial charge in [-0.1, -0.05) is 27.7 Å². The van der Waals surface area contributed by atoms with Gasteiger partial charge in [-0.25, -0.2) is 0 Å². The van der Waals surface area contributed by atoms with Crippen molar-refractivity contribution in [3.8, 4) is 0 Å². The predicted octanol–water partition coefficient (Wildman–Crippen LogP) is 2.34. The van der Waals surface area contributed by atoms with Crippen LogP contribution in [0.25, 0.3) is 0 Å². The van der Waals surface area contributed by atoms with Crippen molar-refractivity contribution in [1.29, 1.82) is 0 Å². The SMILES string of the molecule is CC(C)CCC(C)(C)C(=O)NCC(C)(C)O. The number of carbonyl (C=O) groups is 1. The van der Waals surface area contributed by atoms with E-state index in [0.717, 1.165) is 12.8 Å². The molecule has 16 heavy (non-hydrogen) atoms. The third kappa shape index (κ3) is 6.83. The first kappa shape index (κ1) is 15.4. The molecule has 0 aromatic carbocycles. The first-order valence-electron chi connectivity index (χ1n) is 6.05. The molecule has 96 valence electrons. The third-order valence-corrected chi connectivity index (χ3v) is 2.64. The van der Waals surface area contributed by atoms with Crippen molar-refractivity contribution in [3.63, 3.8) is 0 Å². The number of aliphatic hydroxyl groups is 1. The van der Waals surface area contributed by atoms with Crippen molar-refractivity contribution in [1.82, 2.24) is 5.32 Å². The molecule has 0 aliphatic heterocycles. The molecule has 0 heterocycles. The molecule has 0 saturated carbocycles. The van der Waals surface area contributed by atoms with Crippen LogP contribution in [0.5, 0.6) is 0 Å². The second kappa shape index (κ2) is 5.67. The van der Waals surface area contributed by atoms with Crippen LogP contribution >= 0.6 is 0 Å². The summed E-state index contributed by atoms with van der Waals surface area (Å²) in [5.41, 5.74) is -1.20. The maximum absolute atomic E-state index is 11.9. The number of hydrogen-bond acceptors (Lipinski definition) is 2. The van der Waals surface area contributed by atoms with Crippen molar-refractivity contribution >= 4 is 5.91 Å². The highest BCUT2D eigenvalue weighted by atomic mass is 16.3. The van der Waals surface area contributed by atoms with Gasteiger partial charge in [-0.05, 0) is 32.6 Å². The fourth-order valence-corrected chi connectivity index (χ4v) is 1.30. The van der Waals surface area contributed by atoms with Crippen LogP contribution in [0.15, 0.2) is 0 Å². The number of amides is 1. The van der Waals surface area contributed by atoms with Gasteiger partial charge in [-0.2, -0.15) is 0 Å². The van der Waals surface area contributed by atoms with Crippen molar-refractivity contribution in [2.24, 2.45) is 11.3 Å². The molecule has 0 aromatic heterocycles. The predicted molar refractivity (Wildman–Crippen MR) is 67.2 cm³/mol. The number of rotatable bonds is 6. The lowest BCUT2D eigenvalue weighted by Crippen LogP contribution is -2.44. The summed E-state index contributed by atoms with van der Waals surface area (Å²) in [6.07, 6.45) is 1.92. The van der Waals surface area contributed by atoms with Crippen LogP contribution in [0.3, 0.4) is 0 Å². The quantitative estimate of drug-likeness (QED) is 0.734. The van der Waals surface area contributed by atoms with Crippen LogP contribution in [-0.4, -0.2) is 23.2 Å². The van der Waals surface area contributed by atoms with Crippen molar-refractivity contribution in [2.45, 2.75) is 60.0 Å². The van der Waals surface area contributed by atoms with Crippen LogP contribution in [0.2, 0.25) is 0 Å². The smallest absolute Gasteiger partial charge is 0.225 e. The molecule has 3 nitrogen and oxygen atoms in total. The lowest BCUT2D eigenvalue weighted by Gasteiger charge is -2.26. The Labute approximate surface area is 99.6 Å². The van der Waals surface area contributed by atoms with Crippen LogP contribution in [0.1, 0.15) is 54.4 Å². The number of hydrogen-bond donors (Lipinski definition) is 2.